The minimum atomic E-state index is 0. The van der Waals surface area contributed by atoms with Gasteiger partial charge in [0.1, 0.15) is 0 Å². The van der Waals surface area contributed by atoms with E-state index in [1.807, 2.05) is 30.9 Å². The van der Waals surface area contributed by atoms with Crippen LogP contribution in [0.3, 0.4) is 0 Å². The van der Waals surface area contributed by atoms with Gasteiger partial charge in [-0.2, -0.15) is 0 Å². The van der Waals surface area contributed by atoms with E-state index in [1.165, 1.54) is 0 Å². The molecular weight excluding hydrogens is 441 g/mol. The third kappa shape index (κ3) is 6.42. The van der Waals surface area contributed by atoms with E-state index in [0.29, 0.717) is 6.54 Å². The lowest BCUT2D eigenvalue weighted by Gasteiger charge is -2.29. The average Bonchev–Trinajstić information content (AvgIpc) is 2.81. The Morgan fingerprint density at radius 3 is 2.83 bits per heavy atom. The second-order valence-corrected chi connectivity index (χ2v) is 6.50. The predicted molar refractivity (Wildman–Crippen MR) is 111 cm³/mol. The monoisotopic (exact) mass is 469 g/mol. The first-order chi connectivity index (χ1) is 11.0. The van der Waals surface area contributed by atoms with E-state index in [1.54, 1.807) is 0 Å². The van der Waals surface area contributed by atoms with Gasteiger partial charge >= 0.3 is 0 Å². The van der Waals surface area contributed by atoms with Crippen LogP contribution in [0.2, 0.25) is 5.02 Å². The van der Waals surface area contributed by atoms with E-state index in [-0.39, 0.29) is 30.1 Å². The Bertz CT molecular complexity index is 537. The van der Waals surface area contributed by atoms with Gasteiger partial charge in [0, 0.05) is 45.6 Å². The van der Waals surface area contributed by atoms with Crippen molar-refractivity contribution in [2.24, 2.45) is 12.0 Å². The van der Waals surface area contributed by atoms with Crippen molar-refractivity contribution in [2.45, 2.75) is 19.6 Å². The molecule has 2 heterocycles. The first-order valence-corrected chi connectivity index (χ1v) is 8.47. The fraction of sp³-hybridized carbons (Fsp3) is 0.688. The number of guanidine groups is 1. The van der Waals surface area contributed by atoms with Crippen LogP contribution in [0.4, 0.5) is 0 Å². The molecule has 0 saturated carbocycles. The lowest BCUT2D eigenvalue weighted by Crippen LogP contribution is -2.43. The number of halogens is 2. The van der Waals surface area contributed by atoms with E-state index in [4.69, 9.17) is 21.3 Å². The van der Waals surface area contributed by atoms with Gasteiger partial charge in [-0.1, -0.05) is 11.6 Å². The SMILES string of the molecule is CCNC(=NCC1CN(C)CCO1)N(C)Cc1cc(Cl)cn1C.I. The summed E-state index contributed by atoms with van der Waals surface area (Å²) >= 11 is 6.06. The highest BCUT2D eigenvalue weighted by Gasteiger charge is 2.18. The second kappa shape index (κ2) is 10.5. The van der Waals surface area contributed by atoms with E-state index < -0.39 is 0 Å². The second-order valence-electron chi connectivity index (χ2n) is 6.07. The van der Waals surface area contributed by atoms with Crippen molar-refractivity contribution in [1.82, 2.24) is 19.7 Å². The van der Waals surface area contributed by atoms with Crippen molar-refractivity contribution in [3.8, 4) is 0 Å². The Balaban J connectivity index is 0.00000288. The summed E-state index contributed by atoms with van der Waals surface area (Å²) in [5, 5.41) is 4.10. The van der Waals surface area contributed by atoms with Crippen LogP contribution in [-0.4, -0.2) is 73.3 Å². The van der Waals surface area contributed by atoms with E-state index >= 15 is 0 Å². The molecule has 8 heteroatoms. The molecule has 24 heavy (non-hydrogen) atoms. The standard InChI is InChI=1S/C16H28ClN5O.HI/c1-5-18-16(19-9-15-12-20(2)6-7-23-15)22(4)11-14-8-13(17)10-21(14)3;/h8,10,15H,5-7,9,11-12H2,1-4H3,(H,18,19);1H. The zero-order valence-corrected chi connectivity index (χ0v) is 18.0. The van der Waals surface area contributed by atoms with Crippen LogP contribution >= 0.6 is 35.6 Å². The normalized spacial score (nSPS) is 19.0. The number of aromatic nitrogens is 1. The van der Waals surface area contributed by atoms with Gasteiger partial charge in [0.05, 0.1) is 30.8 Å². The molecule has 1 aromatic heterocycles. The highest BCUT2D eigenvalue weighted by Crippen LogP contribution is 2.14. The van der Waals surface area contributed by atoms with Gasteiger partial charge < -0.3 is 24.4 Å². The average molecular weight is 470 g/mol. The van der Waals surface area contributed by atoms with Gasteiger partial charge in [-0.3, -0.25) is 4.99 Å². The Labute approximate surface area is 167 Å². The molecule has 1 fully saturated rings. The number of morpholine rings is 1. The molecule has 138 valence electrons. The molecule has 6 nitrogen and oxygen atoms in total. The smallest absolute Gasteiger partial charge is 0.194 e. The van der Waals surface area contributed by atoms with Crippen molar-refractivity contribution in [2.75, 3.05) is 46.9 Å². The zero-order valence-electron chi connectivity index (χ0n) is 15.0. The Hall–Kier alpha value is -0.510. The van der Waals surface area contributed by atoms with Gasteiger partial charge in [-0.15, -0.1) is 24.0 Å². The maximum absolute atomic E-state index is 6.06. The number of rotatable bonds is 5. The minimum Gasteiger partial charge on any atom is -0.374 e. The molecule has 0 aliphatic carbocycles. The fourth-order valence-electron chi connectivity index (χ4n) is 2.68. The van der Waals surface area contributed by atoms with Gasteiger partial charge in [0.2, 0.25) is 0 Å². The van der Waals surface area contributed by atoms with Gasteiger partial charge in [0.25, 0.3) is 0 Å². The molecule has 0 aromatic carbocycles. The number of nitrogens with zero attached hydrogens (tertiary/aromatic N) is 4. The van der Waals surface area contributed by atoms with Crippen LogP contribution in [0.1, 0.15) is 12.6 Å². The summed E-state index contributed by atoms with van der Waals surface area (Å²) in [6, 6.07) is 1.99. The van der Waals surface area contributed by atoms with E-state index in [0.717, 1.165) is 49.5 Å². The summed E-state index contributed by atoms with van der Waals surface area (Å²) in [4.78, 5) is 9.14. The molecule has 1 aliphatic rings. The van der Waals surface area contributed by atoms with E-state index in [9.17, 15) is 0 Å². The van der Waals surface area contributed by atoms with Crippen molar-refractivity contribution in [3.05, 3.63) is 23.0 Å². The summed E-state index contributed by atoms with van der Waals surface area (Å²) in [6.07, 6.45) is 2.08. The molecule has 1 aliphatic heterocycles. The molecule has 1 N–H and O–H groups in total. The Kier molecular flexibility index (Phi) is 9.40. The molecular formula is C16H29ClIN5O. The number of aliphatic imine (C=N–C) groups is 1. The molecule has 1 atom stereocenters. The predicted octanol–water partition coefficient (Wildman–Crippen LogP) is 2.02. The maximum Gasteiger partial charge on any atom is 0.194 e. The van der Waals surface area contributed by atoms with Crippen LogP contribution in [0.25, 0.3) is 0 Å². The molecule has 0 bridgehead atoms. The quantitative estimate of drug-likeness (QED) is 0.407. The summed E-state index contributed by atoms with van der Waals surface area (Å²) in [5.41, 5.74) is 1.15. The van der Waals surface area contributed by atoms with Crippen molar-refractivity contribution in [3.63, 3.8) is 0 Å². The topological polar surface area (TPSA) is 45.0 Å². The van der Waals surface area contributed by atoms with Crippen LogP contribution in [0.5, 0.6) is 0 Å². The third-order valence-electron chi connectivity index (χ3n) is 3.96. The van der Waals surface area contributed by atoms with Gasteiger partial charge in [-0.25, -0.2) is 0 Å². The number of ether oxygens (including phenoxy) is 1. The van der Waals surface area contributed by atoms with Gasteiger partial charge in [-0.05, 0) is 20.0 Å². The lowest BCUT2D eigenvalue weighted by atomic mass is 10.3. The van der Waals surface area contributed by atoms with Crippen molar-refractivity contribution < 1.29 is 4.74 Å². The number of likely N-dealkylation sites (N-methyl/N-ethyl adjacent to an activating group) is 1. The van der Waals surface area contributed by atoms with Gasteiger partial charge in [0.15, 0.2) is 5.96 Å². The summed E-state index contributed by atoms with van der Waals surface area (Å²) in [6.45, 7) is 7.04. The molecule has 0 amide bonds. The first-order valence-electron chi connectivity index (χ1n) is 8.10. The first kappa shape index (κ1) is 21.5. The number of hydrogen-bond acceptors (Lipinski definition) is 3. The highest BCUT2D eigenvalue weighted by molar-refractivity contribution is 14.0. The molecule has 1 aromatic rings. The number of hydrogen-bond donors (Lipinski definition) is 1. The highest BCUT2D eigenvalue weighted by atomic mass is 127. The Morgan fingerprint density at radius 1 is 1.50 bits per heavy atom. The fourth-order valence-corrected chi connectivity index (χ4v) is 2.95. The molecule has 2 rings (SSSR count). The van der Waals surface area contributed by atoms with E-state index in [2.05, 4.69) is 29.1 Å². The number of nitrogens with one attached hydrogen (secondary N) is 1. The summed E-state index contributed by atoms with van der Waals surface area (Å²) in [5.74, 6) is 0.890. The van der Waals surface area contributed by atoms with Crippen LogP contribution < -0.4 is 5.32 Å². The molecule has 0 spiro atoms. The van der Waals surface area contributed by atoms with Crippen LogP contribution in [0, 0.1) is 0 Å². The molecule has 0 radical (unpaired) electrons. The summed E-state index contributed by atoms with van der Waals surface area (Å²) in [7, 11) is 6.16. The minimum absolute atomic E-state index is 0. The molecule has 1 saturated heterocycles. The maximum atomic E-state index is 6.06. The van der Waals surface area contributed by atoms with Crippen LogP contribution in [0.15, 0.2) is 17.3 Å². The largest absolute Gasteiger partial charge is 0.374 e. The van der Waals surface area contributed by atoms with Crippen molar-refractivity contribution >= 4 is 41.5 Å². The summed E-state index contributed by atoms with van der Waals surface area (Å²) < 4.78 is 7.82. The number of aryl methyl sites for hydroxylation is 1. The molecule has 1 unspecified atom stereocenters. The van der Waals surface area contributed by atoms with Crippen molar-refractivity contribution in [1.29, 1.82) is 0 Å². The zero-order chi connectivity index (χ0) is 16.8. The van der Waals surface area contributed by atoms with Crippen LogP contribution in [-0.2, 0) is 18.3 Å². The Morgan fingerprint density at radius 2 is 2.25 bits per heavy atom. The lowest BCUT2D eigenvalue weighted by molar-refractivity contribution is -0.0137. The third-order valence-corrected chi connectivity index (χ3v) is 4.16.